The number of hydrogen-bond donors (Lipinski definition) is 0. The Kier molecular flexibility index (Phi) is 3.70. The molecule has 1 saturated heterocycles. The number of hydrogen-bond acceptors (Lipinski definition) is 5. The molecule has 0 aromatic carbocycles. The fraction of sp³-hybridized carbons (Fsp3) is 0.643. The van der Waals surface area contributed by atoms with Gasteiger partial charge in [0.2, 0.25) is 5.91 Å². The molecule has 0 N–H and O–H groups in total. The molecular formula is C14H21N5O3S. The van der Waals surface area contributed by atoms with Crippen LogP contribution in [0.15, 0.2) is 6.20 Å². The van der Waals surface area contributed by atoms with Crippen molar-refractivity contribution < 1.29 is 13.2 Å². The first-order valence-corrected chi connectivity index (χ1v) is 9.37. The minimum atomic E-state index is -3.02. The third-order valence-electron chi connectivity index (χ3n) is 4.56. The molecule has 3 rings (SSSR count). The molecular weight excluding hydrogens is 318 g/mol. The Labute approximate surface area is 135 Å². The lowest BCUT2D eigenvalue weighted by Crippen LogP contribution is -2.41. The Balaban J connectivity index is 1.82. The average Bonchev–Trinajstić information content (AvgIpc) is 3.14. The van der Waals surface area contributed by atoms with Crippen molar-refractivity contribution in [3.05, 3.63) is 11.9 Å². The Hall–Kier alpha value is -1.90. The summed E-state index contributed by atoms with van der Waals surface area (Å²) >= 11 is 0. The third kappa shape index (κ3) is 2.73. The van der Waals surface area contributed by atoms with Gasteiger partial charge in [-0.25, -0.2) is 8.42 Å². The highest BCUT2D eigenvalue weighted by atomic mass is 32.2. The number of aryl methyl sites for hydroxylation is 2. The summed E-state index contributed by atoms with van der Waals surface area (Å²) in [6, 6.07) is -0.738. The van der Waals surface area contributed by atoms with E-state index in [9.17, 15) is 13.2 Å². The Morgan fingerprint density at radius 3 is 2.70 bits per heavy atom. The summed E-state index contributed by atoms with van der Waals surface area (Å²) in [7, 11) is 0.489. The summed E-state index contributed by atoms with van der Waals surface area (Å²) in [5, 5.41) is 8.75. The quantitative estimate of drug-likeness (QED) is 0.801. The van der Waals surface area contributed by atoms with Crippen molar-refractivity contribution in [2.24, 2.45) is 7.05 Å². The van der Waals surface area contributed by atoms with Gasteiger partial charge in [-0.15, -0.1) is 0 Å². The van der Waals surface area contributed by atoms with Crippen molar-refractivity contribution in [2.75, 3.05) is 18.6 Å². The lowest BCUT2D eigenvalue weighted by molar-refractivity contribution is -0.134. The van der Waals surface area contributed by atoms with Crippen molar-refractivity contribution >= 4 is 26.8 Å². The van der Waals surface area contributed by atoms with Gasteiger partial charge in [-0.1, -0.05) is 0 Å². The molecule has 126 valence electrons. The standard InChI is InChI=1S/C14H21N5O3S/c1-9-13-12(18(4)15-9)7-19(16-13)10(2)14(20)17(3)11-5-6-23(21,22)8-11/h7,10-11H,5-6,8H2,1-4H3/t10-,11+/m1/s1. The molecule has 9 heteroatoms. The van der Waals surface area contributed by atoms with Crippen LogP contribution in [0.4, 0.5) is 0 Å². The van der Waals surface area contributed by atoms with Crippen LogP contribution in [0.25, 0.3) is 11.0 Å². The lowest BCUT2D eigenvalue weighted by atomic mass is 10.2. The van der Waals surface area contributed by atoms with Gasteiger partial charge in [-0.2, -0.15) is 10.2 Å². The summed E-state index contributed by atoms with van der Waals surface area (Å²) in [5.41, 5.74) is 2.46. The number of carbonyl (C=O) groups excluding carboxylic acids is 1. The number of fused-ring (bicyclic) bond motifs is 1. The van der Waals surface area contributed by atoms with Crippen LogP contribution in [-0.4, -0.2) is 63.4 Å². The summed E-state index contributed by atoms with van der Waals surface area (Å²) in [6.07, 6.45) is 2.30. The highest BCUT2D eigenvalue weighted by Gasteiger charge is 2.34. The van der Waals surface area contributed by atoms with Gasteiger partial charge in [-0.3, -0.25) is 14.2 Å². The largest absolute Gasteiger partial charge is 0.340 e. The minimum absolute atomic E-state index is 0.0477. The maximum Gasteiger partial charge on any atom is 0.247 e. The van der Waals surface area contributed by atoms with Crippen LogP contribution in [0, 0.1) is 6.92 Å². The van der Waals surface area contributed by atoms with Gasteiger partial charge in [0.1, 0.15) is 17.1 Å². The number of sulfone groups is 1. The molecule has 0 unspecified atom stereocenters. The van der Waals surface area contributed by atoms with E-state index < -0.39 is 15.9 Å². The molecule has 1 amide bonds. The topological polar surface area (TPSA) is 90.1 Å². The van der Waals surface area contributed by atoms with Crippen LogP contribution >= 0.6 is 0 Å². The van der Waals surface area contributed by atoms with Crippen LogP contribution in [-0.2, 0) is 21.7 Å². The first kappa shape index (κ1) is 16.0. The van der Waals surface area contributed by atoms with Gasteiger partial charge < -0.3 is 4.90 Å². The second kappa shape index (κ2) is 5.33. The van der Waals surface area contributed by atoms with E-state index in [4.69, 9.17) is 0 Å². The van der Waals surface area contributed by atoms with E-state index in [1.165, 1.54) is 0 Å². The van der Waals surface area contributed by atoms with Crippen LogP contribution in [0.1, 0.15) is 25.1 Å². The molecule has 0 saturated carbocycles. The third-order valence-corrected chi connectivity index (χ3v) is 6.31. The maximum atomic E-state index is 12.7. The predicted molar refractivity (Wildman–Crippen MR) is 85.8 cm³/mol. The molecule has 2 atom stereocenters. The van der Waals surface area contributed by atoms with Gasteiger partial charge >= 0.3 is 0 Å². The molecule has 2 aromatic rings. The maximum absolute atomic E-state index is 12.7. The van der Waals surface area contributed by atoms with Crippen molar-refractivity contribution in [1.82, 2.24) is 24.5 Å². The van der Waals surface area contributed by atoms with Crippen molar-refractivity contribution in [2.45, 2.75) is 32.4 Å². The van der Waals surface area contributed by atoms with Gasteiger partial charge in [-0.05, 0) is 20.3 Å². The van der Waals surface area contributed by atoms with Crippen molar-refractivity contribution in [3.8, 4) is 0 Å². The molecule has 1 fully saturated rings. The zero-order chi connectivity index (χ0) is 16.9. The zero-order valence-electron chi connectivity index (χ0n) is 13.7. The van der Waals surface area contributed by atoms with E-state index in [0.717, 1.165) is 16.7 Å². The van der Waals surface area contributed by atoms with E-state index in [-0.39, 0.29) is 23.5 Å². The second-order valence-corrected chi connectivity index (χ2v) is 8.46. The monoisotopic (exact) mass is 339 g/mol. The van der Waals surface area contributed by atoms with Crippen LogP contribution in [0.5, 0.6) is 0 Å². The molecule has 0 spiro atoms. The van der Waals surface area contributed by atoms with Crippen molar-refractivity contribution in [3.63, 3.8) is 0 Å². The van der Waals surface area contributed by atoms with Gasteiger partial charge in [0.25, 0.3) is 0 Å². The molecule has 3 heterocycles. The Morgan fingerprint density at radius 2 is 2.13 bits per heavy atom. The Bertz CT molecular complexity index is 832. The van der Waals surface area contributed by atoms with Gasteiger partial charge in [0.05, 0.1) is 23.4 Å². The van der Waals surface area contributed by atoms with Gasteiger partial charge in [0.15, 0.2) is 9.84 Å². The molecule has 0 bridgehead atoms. The number of aromatic nitrogens is 4. The van der Waals surface area contributed by atoms with Crippen LogP contribution < -0.4 is 0 Å². The summed E-state index contributed by atoms with van der Waals surface area (Å²) in [5.74, 6) is 0.0669. The summed E-state index contributed by atoms with van der Waals surface area (Å²) < 4.78 is 26.6. The first-order valence-electron chi connectivity index (χ1n) is 7.55. The zero-order valence-corrected chi connectivity index (χ0v) is 14.5. The SMILES string of the molecule is Cc1nn(C)c2cn([C@H](C)C(=O)N(C)[C@H]3CCS(=O)(=O)C3)nc12. The molecule has 23 heavy (non-hydrogen) atoms. The highest BCUT2D eigenvalue weighted by molar-refractivity contribution is 7.91. The summed E-state index contributed by atoms with van der Waals surface area (Å²) in [4.78, 5) is 14.2. The molecule has 1 aliphatic rings. The Morgan fingerprint density at radius 1 is 1.43 bits per heavy atom. The molecule has 2 aromatic heterocycles. The number of likely N-dealkylation sites (N-methyl/N-ethyl adjacent to an activating group) is 1. The lowest BCUT2D eigenvalue weighted by Gasteiger charge is -2.26. The summed E-state index contributed by atoms with van der Waals surface area (Å²) in [6.45, 7) is 3.65. The highest BCUT2D eigenvalue weighted by Crippen LogP contribution is 2.22. The number of rotatable bonds is 3. The van der Waals surface area contributed by atoms with E-state index in [0.29, 0.717) is 6.42 Å². The fourth-order valence-electron chi connectivity index (χ4n) is 3.07. The van der Waals surface area contributed by atoms with E-state index in [1.54, 1.807) is 34.4 Å². The van der Waals surface area contributed by atoms with Crippen molar-refractivity contribution in [1.29, 1.82) is 0 Å². The van der Waals surface area contributed by atoms with Gasteiger partial charge in [0, 0.05) is 20.1 Å². The molecule has 0 aliphatic carbocycles. The number of amides is 1. The molecule has 8 nitrogen and oxygen atoms in total. The van der Waals surface area contributed by atoms with Crippen LogP contribution in [0.3, 0.4) is 0 Å². The van der Waals surface area contributed by atoms with E-state index in [1.807, 2.05) is 14.0 Å². The smallest absolute Gasteiger partial charge is 0.247 e. The fourth-order valence-corrected chi connectivity index (χ4v) is 4.84. The normalized spacial score (nSPS) is 21.7. The van der Waals surface area contributed by atoms with E-state index in [2.05, 4.69) is 10.2 Å². The first-order chi connectivity index (χ1) is 10.7. The van der Waals surface area contributed by atoms with E-state index >= 15 is 0 Å². The number of carbonyl (C=O) groups is 1. The van der Waals surface area contributed by atoms with Crippen LogP contribution in [0.2, 0.25) is 0 Å². The average molecular weight is 339 g/mol. The minimum Gasteiger partial charge on any atom is -0.340 e. The second-order valence-electron chi connectivity index (χ2n) is 6.23. The molecule has 0 radical (unpaired) electrons. The number of nitrogens with zero attached hydrogens (tertiary/aromatic N) is 5. The predicted octanol–water partition coefficient (Wildman–Crippen LogP) is 0.285. The molecule has 1 aliphatic heterocycles.